The maximum Gasteiger partial charge on any atom is 0.347 e. The molecule has 0 radical (unpaired) electrons. The molecule has 0 aliphatic rings. The minimum Gasteiger partial charge on any atom is -0.477 e. The molecule has 1 heterocycles. The molecule has 2 rings (SSSR count). The van der Waals surface area contributed by atoms with Crippen LogP contribution in [0.15, 0.2) is 24.3 Å². The third-order valence-electron chi connectivity index (χ3n) is 2.99. The molecule has 1 amide bonds. The molecule has 0 aliphatic carbocycles. The van der Waals surface area contributed by atoms with Gasteiger partial charge in [-0.1, -0.05) is 42.9 Å². The van der Waals surface area contributed by atoms with Gasteiger partial charge in [0.25, 0.3) is 5.91 Å². The Labute approximate surface area is 126 Å². The predicted molar refractivity (Wildman–Crippen MR) is 82.2 cm³/mol. The number of carbonyl (C=O) groups is 2. The standard InChI is InChI=1S/C15H16N2O3S/c1-3-6-11-12(14(19)20)21-15(16-11)17-13(18)10-8-5-4-7-9(10)2/h4-5,7-8H,3,6H2,1-2H3,(H,19,20)(H,16,17,18). The van der Waals surface area contributed by atoms with Crippen molar-refractivity contribution < 1.29 is 14.7 Å². The van der Waals surface area contributed by atoms with Crippen LogP contribution < -0.4 is 5.32 Å². The van der Waals surface area contributed by atoms with E-state index in [1.807, 2.05) is 26.0 Å². The second-order valence-corrected chi connectivity index (χ2v) is 5.62. The average molecular weight is 304 g/mol. The van der Waals surface area contributed by atoms with Crippen LogP contribution in [-0.4, -0.2) is 22.0 Å². The molecule has 0 spiro atoms. The van der Waals surface area contributed by atoms with Crippen molar-refractivity contribution in [1.29, 1.82) is 0 Å². The first kappa shape index (κ1) is 15.2. The highest BCUT2D eigenvalue weighted by Crippen LogP contribution is 2.25. The molecule has 5 nitrogen and oxygen atoms in total. The fourth-order valence-electron chi connectivity index (χ4n) is 1.97. The Kier molecular flexibility index (Phi) is 4.70. The summed E-state index contributed by atoms with van der Waals surface area (Å²) in [4.78, 5) is 27.8. The number of carboxylic acids is 1. The summed E-state index contributed by atoms with van der Waals surface area (Å²) >= 11 is 0.994. The largest absolute Gasteiger partial charge is 0.477 e. The van der Waals surface area contributed by atoms with Gasteiger partial charge in [-0.3, -0.25) is 10.1 Å². The number of nitrogens with zero attached hydrogens (tertiary/aromatic N) is 1. The number of amides is 1. The molecule has 2 N–H and O–H groups in total. The number of hydrogen-bond donors (Lipinski definition) is 2. The zero-order valence-electron chi connectivity index (χ0n) is 11.8. The third-order valence-corrected chi connectivity index (χ3v) is 3.99. The molecular weight excluding hydrogens is 288 g/mol. The van der Waals surface area contributed by atoms with E-state index < -0.39 is 5.97 Å². The van der Waals surface area contributed by atoms with Crippen molar-refractivity contribution in [2.45, 2.75) is 26.7 Å². The minimum atomic E-state index is -1.01. The van der Waals surface area contributed by atoms with Gasteiger partial charge in [0.1, 0.15) is 4.88 Å². The Balaban J connectivity index is 2.24. The topological polar surface area (TPSA) is 79.3 Å². The van der Waals surface area contributed by atoms with Crippen LogP contribution in [0.2, 0.25) is 0 Å². The summed E-state index contributed by atoms with van der Waals surface area (Å²) < 4.78 is 0. The smallest absolute Gasteiger partial charge is 0.347 e. The van der Waals surface area contributed by atoms with Gasteiger partial charge in [-0.2, -0.15) is 0 Å². The van der Waals surface area contributed by atoms with E-state index in [1.165, 1.54) is 0 Å². The van der Waals surface area contributed by atoms with Crippen molar-refractivity contribution in [2.75, 3.05) is 5.32 Å². The van der Waals surface area contributed by atoms with Gasteiger partial charge in [-0.25, -0.2) is 9.78 Å². The third kappa shape index (κ3) is 3.46. The number of thiazole rings is 1. The molecule has 0 saturated heterocycles. The van der Waals surface area contributed by atoms with Gasteiger partial charge in [0.2, 0.25) is 0 Å². The highest BCUT2D eigenvalue weighted by Gasteiger charge is 2.18. The second-order valence-electron chi connectivity index (χ2n) is 4.62. The summed E-state index contributed by atoms with van der Waals surface area (Å²) in [5, 5.41) is 12.2. The first-order chi connectivity index (χ1) is 10.0. The maximum atomic E-state index is 12.2. The lowest BCUT2D eigenvalue weighted by atomic mass is 10.1. The summed E-state index contributed by atoms with van der Waals surface area (Å²) in [6.07, 6.45) is 1.38. The molecule has 0 unspecified atom stereocenters. The van der Waals surface area contributed by atoms with Crippen molar-refractivity contribution in [3.8, 4) is 0 Å². The van der Waals surface area contributed by atoms with Crippen LogP contribution in [0.5, 0.6) is 0 Å². The van der Waals surface area contributed by atoms with Crippen LogP contribution in [-0.2, 0) is 6.42 Å². The van der Waals surface area contributed by atoms with Crippen molar-refractivity contribution in [3.05, 3.63) is 46.0 Å². The van der Waals surface area contributed by atoms with Crippen molar-refractivity contribution in [1.82, 2.24) is 4.98 Å². The van der Waals surface area contributed by atoms with Crippen LogP contribution in [0, 0.1) is 6.92 Å². The number of benzene rings is 1. The number of aryl methyl sites for hydroxylation is 2. The first-order valence-corrected chi connectivity index (χ1v) is 7.44. The van der Waals surface area contributed by atoms with E-state index in [4.69, 9.17) is 5.11 Å². The van der Waals surface area contributed by atoms with Crippen LogP contribution in [0.25, 0.3) is 0 Å². The Morgan fingerprint density at radius 2 is 2.05 bits per heavy atom. The van der Waals surface area contributed by atoms with Gasteiger partial charge in [0.05, 0.1) is 5.69 Å². The van der Waals surface area contributed by atoms with E-state index in [1.54, 1.807) is 12.1 Å². The van der Waals surface area contributed by atoms with E-state index in [0.29, 0.717) is 22.8 Å². The Hall–Kier alpha value is -2.21. The van der Waals surface area contributed by atoms with Crippen molar-refractivity contribution in [2.24, 2.45) is 0 Å². The number of anilines is 1. The Morgan fingerprint density at radius 1 is 1.33 bits per heavy atom. The highest BCUT2D eigenvalue weighted by atomic mass is 32.1. The molecule has 6 heteroatoms. The molecule has 0 saturated carbocycles. The lowest BCUT2D eigenvalue weighted by molar-refractivity contribution is 0.0700. The Bertz CT molecular complexity index is 679. The monoisotopic (exact) mass is 304 g/mol. The van der Waals surface area contributed by atoms with Crippen LogP contribution in [0.1, 0.15) is 44.6 Å². The number of aromatic carboxylic acids is 1. The minimum absolute atomic E-state index is 0.192. The molecule has 0 atom stereocenters. The van der Waals surface area contributed by atoms with Crippen molar-refractivity contribution in [3.63, 3.8) is 0 Å². The van der Waals surface area contributed by atoms with Crippen LogP contribution in [0.3, 0.4) is 0 Å². The molecule has 1 aromatic carbocycles. The molecule has 0 fully saturated rings. The van der Waals surface area contributed by atoms with Crippen LogP contribution in [0.4, 0.5) is 5.13 Å². The zero-order valence-corrected chi connectivity index (χ0v) is 12.7. The fraction of sp³-hybridized carbons (Fsp3) is 0.267. The van der Waals surface area contributed by atoms with Crippen LogP contribution >= 0.6 is 11.3 Å². The summed E-state index contributed by atoms with van der Waals surface area (Å²) in [7, 11) is 0. The molecule has 110 valence electrons. The highest BCUT2D eigenvalue weighted by molar-refractivity contribution is 7.17. The second kappa shape index (κ2) is 6.49. The predicted octanol–water partition coefficient (Wildman–Crippen LogP) is 3.35. The molecule has 1 aromatic heterocycles. The number of aromatic nitrogens is 1. The SMILES string of the molecule is CCCc1nc(NC(=O)c2ccccc2C)sc1C(=O)O. The summed E-state index contributed by atoms with van der Waals surface area (Å²) in [6, 6.07) is 7.22. The number of rotatable bonds is 5. The van der Waals surface area contributed by atoms with E-state index in [-0.39, 0.29) is 10.8 Å². The first-order valence-electron chi connectivity index (χ1n) is 6.63. The summed E-state index contributed by atoms with van der Waals surface area (Å²) in [5.41, 5.74) is 1.94. The van der Waals surface area contributed by atoms with Crippen molar-refractivity contribution >= 4 is 28.3 Å². The van der Waals surface area contributed by atoms with Gasteiger partial charge in [0, 0.05) is 5.56 Å². The van der Waals surface area contributed by atoms with E-state index in [9.17, 15) is 9.59 Å². The number of hydrogen-bond acceptors (Lipinski definition) is 4. The van der Waals surface area contributed by atoms with Gasteiger partial charge in [0.15, 0.2) is 5.13 Å². The number of nitrogens with one attached hydrogen (secondary N) is 1. The average Bonchev–Trinajstić information content (AvgIpc) is 2.82. The van der Waals surface area contributed by atoms with E-state index in [2.05, 4.69) is 10.3 Å². The van der Waals surface area contributed by atoms with Gasteiger partial charge >= 0.3 is 5.97 Å². The number of carbonyl (C=O) groups excluding carboxylic acids is 1. The number of carboxylic acid groups (broad SMARTS) is 1. The normalized spacial score (nSPS) is 10.4. The quantitative estimate of drug-likeness (QED) is 0.887. The molecule has 2 aromatic rings. The maximum absolute atomic E-state index is 12.2. The van der Waals surface area contributed by atoms with Gasteiger partial charge < -0.3 is 5.11 Å². The molecule has 0 aliphatic heterocycles. The van der Waals surface area contributed by atoms with E-state index >= 15 is 0 Å². The lowest BCUT2D eigenvalue weighted by Crippen LogP contribution is -2.13. The lowest BCUT2D eigenvalue weighted by Gasteiger charge is -2.04. The summed E-state index contributed by atoms with van der Waals surface area (Å²) in [5.74, 6) is -1.28. The molecule has 0 bridgehead atoms. The van der Waals surface area contributed by atoms with E-state index in [0.717, 1.165) is 23.3 Å². The van der Waals surface area contributed by atoms with Gasteiger partial charge in [-0.05, 0) is 25.0 Å². The molecular formula is C15H16N2O3S. The zero-order chi connectivity index (χ0) is 15.4. The Morgan fingerprint density at radius 3 is 2.67 bits per heavy atom. The fourth-order valence-corrected chi connectivity index (χ4v) is 2.82. The van der Waals surface area contributed by atoms with Gasteiger partial charge in [-0.15, -0.1) is 0 Å². The molecule has 21 heavy (non-hydrogen) atoms. The summed E-state index contributed by atoms with van der Waals surface area (Å²) in [6.45, 7) is 3.80.